The zero-order valence-electron chi connectivity index (χ0n) is 9.82. The van der Waals surface area contributed by atoms with Gasteiger partial charge in [0.2, 0.25) is 0 Å². The van der Waals surface area contributed by atoms with E-state index in [1.54, 1.807) is 17.7 Å². The van der Waals surface area contributed by atoms with E-state index in [1.165, 1.54) is 0 Å². The summed E-state index contributed by atoms with van der Waals surface area (Å²) < 4.78 is 1.61. The Balaban J connectivity index is 3.01. The molecule has 3 nitrogen and oxygen atoms in total. The molecule has 0 aliphatic heterocycles. The molecule has 1 heterocycles. The Morgan fingerprint density at radius 3 is 2.62 bits per heavy atom. The standard InChI is InChI=1S/C13H16N2O/c1-8(2)10-7-15(3)13(16)12-9(10)5-4-6-11(12)14/h4-8H,14H2,1-3H3. The number of hydrogen-bond donors (Lipinski definition) is 1. The summed E-state index contributed by atoms with van der Waals surface area (Å²) >= 11 is 0. The zero-order valence-corrected chi connectivity index (χ0v) is 9.82. The van der Waals surface area contributed by atoms with Gasteiger partial charge in [-0.2, -0.15) is 0 Å². The number of aryl methyl sites for hydroxylation is 1. The number of aromatic nitrogens is 1. The minimum atomic E-state index is -0.0301. The van der Waals surface area contributed by atoms with Crippen molar-refractivity contribution in [1.82, 2.24) is 4.57 Å². The van der Waals surface area contributed by atoms with Gasteiger partial charge in [-0.15, -0.1) is 0 Å². The third-order valence-corrected chi connectivity index (χ3v) is 2.90. The lowest BCUT2D eigenvalue weighted by Crippen LogP contribution is -2.18. The van der Waals surface area contributed by atoms with Crippen LogP contribution in [-0.4, -0.2) is 4.57 Å². The Morgan fingerprint density at radius 2 is 2.00 bits per heavy atom. The number of benzene rings is 1. The first-order valence-corrected chi connectivity index (χ1v) is 5.40. The van der Waals surface area contributed by atoms with Crippen molar-refractivity contribution in [2.24, 2.45) is 7.05 Å². The first kappa shape index (κ1) is 10.7. The van der Waals surface area contributed by atoms with Gasteiger partial charge < -0.3 is 10.3 Å². The maximum atomic E-state index is 12.0. The average molecular weight is 216 g/mol. The number of nitrogens with two attached hydrogens (primary N) is 1. The van der Waals surface area contributed by atoms with Gasteiger partial charge in [0, 0.05) is 18.9 Å². The molecule has 0 unspecified atom stereocenters. The lowest BCUT2D eigenvalue weighted by molar-refractivity contribution is 0.810. The summed E-state index contributed by atoms with van der Waals surface area (Å²) in [6.45, 7) is 4.23. The average Bonchev–Trinajstić information content (AvgIpc) is 2.22. The summed E-state index contributed by atoms with van der Waals surface area (Å²) in [5, 5.41) is 1.61. The fourth-order valence-electron chi connectivity index (χ4n) is 2.02. The Labute approximate surface area is 94.5 Å². The van der Waals surface area contributed by atoms with Crippen LogP contribution in [0.2, 0.25) is 0 Å². The predicted octanol–water partition coefficient (Wildman–Crippen LogP) is 2.24. The summed E-state index contributed by atoms with van der Waals surface area (Å²) in [5.41, 5.74) is 7.56. The summed E-state index contributed by atoms with van der Waals surface area (Å²) in [7, 11) is 1.76. The summed E-state index contributed by atoms with van der Waals surface area (Å²) in [6.07, 6.45) is 1.90. The zero-order chi connectivity index (χ0) is 11.9. The van der Waals surface area contributed by atoms with Crippen LogP contribution in [0.1, 0.15) is 25.3 Å². The van der Waals surface area contributed by atoms with E-state index < -0.39 is 0 Å². The minimum Gasteiger partial charge on any atom is -0.398 e. The first-order valence-electron chi connectivity index (χ1n) is 5.40. The smallest absolute Gasteiger partial charge is 0.260 e. The molecular weight excluding hydrogens is 200 g/mol. The van der Waals surface area contributed by atoms with Gasteiger partial charge in [0.1, 0.15) is 0 Å². The van der Waals surface area contributed by atoms with Crippen LogP contribution in [0.5, 0.6) is 0 Å². The third kappa shape index (κ3) is 1.48. The van der Waals surface area contributed by atoms with Gasteiger partial charge in [-0.25, -0.2) is 0 Å². The van der Waals surface area contributed by atoms with Crippen LogP contribution < -0.4 is 11.3 Å². The molecule has 0 aliphatic rings. The van der Waals surface area contributed by atoms with E-state index in [4.69, 9.17) is 5.73 Å². The molecule has 0 saturated heterocycles. The molecule has 0 radical (unpaired) electrons. The lowest BCUT2D eigenvalue weighted by atomic mass is 9.98. The molecule has 2 aromatic rings. The van der Waals surface area contributed by atoms with Crippen LogP contribution in [0.15, 0.2) is 29.2 Å². The van der Waals surface area contributed by atoms with Gasteiger partial charge in [0.25, 0.3) is 5.56 Å². The first-order chi connectivity index (χ1) is 7.52. The van der Waals surface area contributed by atoms with E-state index in [0.29, 0.717) is 17.0 Å². The molecule has 2 rings (SSSR count). The van der Waals surface area contributed by atoms with Crippen molar-refractivity contribution in [3.63, 3.8) is 0 Å². The Morgan fingerprint density at radius 1 is 1.31 bits per heavy atom. The maximum absolute atomic E-state index is 12.0. The second-order valence-corrected chi connectivity index (χ2v) is 4.42. The van der Waals surface area contributed by atoms with Crippen molar-refractivity contribution in [1.29, 1.82) is 0 Å². The van der Waals surface area contributed by atoms with E-state index in [0.717, 1.165) is 10.9 Å². The fourth-order valence-corrected chi connectivity index (χ4v) is 2.02. The SMILES string of the molecule is CC(C)c1cn(C)c(=O)c2c(N)cccc12. The van der Waals surface area contributed by atoms with Crippen molar-refractivity contribution < 1.29 is 0 Å². The topological polar surface area (TPSA) is 48.0 Å². The van der Waals surface area contributed by atoms with Gasteiger partial charge in [0.15, 0.2) is 0 Å². The highest BCUT2D eigenvalue weighted by Crippen LogP contribution is 2.25. The maximum Gasteiger partial charge on any atom is 0.260 e. The van der Waals surface area contributed by atoms with Crippen molar-refractivity contribution in [2.75, 3.05) is 5.73 Å². The normalized spacial score (nSPS) is 11.2. The van der Waals surface area contributed by atoms with Gasteiger partial charge in [0.05, 0.1) is 5.39 Å². The van der Waals surface area contributed by atoms with Gasteiger partial charge in [-0.05, 0) is 22.9 Å². The predicted molar refractivity (Wildman–Crippen MR) is 67.7 cm³/mol. The fraction of sp³-hybridized carbons (Fsp3) is 0.308. The molecule has 0 atom stereocenters. The van der Waals surface area contributed by atoms with E-state index >= 15 is 0 Å². The van der Waals surface area contributed by atoms with Crippen LogP contribution in [0.4, 0.5) is 5.69 Å². The van der Waals surface area contributed by atoms with Crippen LogP contribution in [-0.2, 0) is 7.05 Å². The number of pyridine rings is 1. The molecular formula is C13H16N2O. The lowest BCUT2D eigenvalue weighted by Gasteiger charge is -2.13. The molecule has 1 aromatic heterocycles. The number of fused-ring (bicyclic) bond motifs is 1. The highest BCUT2D eigenvalue weighted by molar-refractivity contribution is 5.94. The number of anilines is 1. The van der Waals surface area contributed by atoms with Gasteiger partial charge in [-0.3, -0.25) is 4.79 Å². The Hall–Kier alpha value is -1.77. The van der Waals surface area contributed by atoms with E-state index in [-0.39, 0.29) is 5.56 Å². The molecule has 1 aromatic carbocycles. The summed E-state index contributed by atoms with van der Waals surface area (Å²) in [6, 6.07) is 5.62. The Kier molecular flexibility index (Phi) is 2.46. The molecule has 16 heavy (non-hydrogen) atoms. The molecule has 0 fully saturated rings. The summed E-state index contributed by atoms with van der Waals surface area (Å²) in [5.74, 6) is 0.371. The van der Waals surface area contributed by atoms with Gasteiger partial charge >= 0.3 is 0 Å². The van der Waals surface area contributed by atoms with Crippen LogP contribution in [0.25, 0.3) is 10.8 Å². The van der Waals surface area contributed by atoms with Crippen LogP contribution in [0, 0.1) is 0 Å². The number of hydrogen-bond acceptors (Lipinski definition) is 2. The summed E-state index contributed by atoms with van der Waals surface area (Å²) in [4.78, 5) is 12.0. The van der Waals surface area contributed by atoms with Gasteiger partial charge in [-0.1, -0.05) is 26.0 Å². The monoisotopic (exact) mass is 216 g/mol. The number of nitrogen functional groups attached to an aromatic ring is 1. The van der Waals surface area contributed by atoms with Crippen molar-refractivity contribution in [2.45, 2.75) is 19.8 Å². The van der Waals surface area contributed by atoms with Crippen molar-refractivity contribution in [3.05, 3.63) is 40.3 Å². The second kappa shape index (κ2) is 3.67. The molecule has 0 aliphatic carbocycles. The number of nitrogens with zero attached hydrogens (tertiary/aromatic N) is 1. The second-order valence-electron chi connectivity index (χ2n) is 4.42. The molecule has 0 saturated carbocycles. The Bertz CT molecular complexity index is 597. The number of rotatable bonds is 1. The molecule has 2 N–H and O–H groups in total. The molecule has 84 valence electrons. The largest absolute Gasteiger partial charge is 0.398 e. The highest BCUT2D eigenvalue weighted by atomic mass is 16.1. The van der Waals surface area contributed by atoms with Crippen molar-refractivity contribution >= 4 is 16.5 Å². The quantitative estimate of drug-likeness (QED) is 0.743. The highest BCUT2D eigenvalue weighted by Gasteiger charge is 2.11. The third-order valence-electron chi connectivity index (χ3n) is 2.90. The minimum absolute atomic E-state index is 0.0301. The molecule has 3 heteroatoms. The molecule has 0 bridgehead atoms. The van der Waals surface area contributed by atoms with Crippen molar-refractivity contribution in [3.8, 4) is 0 Å². The van der Waals surface area contributed by atoms with Crippen LogP contribution >= 0.6 is 0 Å². The molecule has 0 spiro atoms. The van der Waals surface area contributed by atoms with E-state index in [2.05, 4.69) is 13.8 Å². The van der Waals surface area contributed by atoms with Crippen LogP contribution in [0.3, 0.4) is 0 Å². The van der Waals surface area contributed by atoms with E-state index in [9.17, 15) is 4.79 Å². The van der Waals surface area contributed by atoms with E-state index in [1.807, 2.05) is 18.3 Å². The molecule has 0 amide bonds.